The summed E-state index contributed by atoms with van der Waals surface area (Å²) in [4.78, 5) is 25.9. The molecule has 1 fully saturated rings. The third-order valence-electron chi connectivity index (χ3n) is 5.63. The van der Waals surface area contributed by atoms with Gasteiger partial charge in [0, 0.05) is 43.5 Å². The Morgan fingerprint density at radius 3 is 2.77 bits per heavy atom. The number of nitro groups is 1. The van der Waals surface area contributed by atoms with Crippen molar-refractivity contribution in [3.8, 4) is 0 Å². The van der Waals surface area contributed by atoms with Crippen LogP contribution < -0.4 is 10.2 Å². The smallest absolute Gasteiger partial charge is 0.293 e. The van der Waals surface area contributed by atoms with Crippen molar-refractivity contribution in [2.24, 2.45) is 11.8 Å². The molecule has 30 heavy (non-hydrogen) atoms. The summed E-state index contributed by atoms with van der Waals surface area (Å²) in [6.07, 6.45) is 2.16. The van der Waals surface area contributed by atoms with Crippen LogP contribution in [0.25, 0.3) is 0 Å². The van der Waals surface area contributed by atoms with Gasteiger partial charge in [0.15, 0.2) is 0 Å². The zero-order chi connectivity index (χ0) is 21.8. The number of aromatic nitrogens is 2. The Balaban J connectivity index is 1.66. The third-order valence-corrected chi connectivity index (χ3v) is 5.63. The van der Waals surface area contributed by atoms with Gasteiger partial charge in [0.1, 0.15) is 5.69 Å². The van der Waals surface area contributed by atoms with E-state index in [0.29, 0.717) is 30.3 Å². The van der Waals surface area contributed by atoms with E-state index in [0.717, 1.165) is 37.3 Å². The molecule has 1 saturated heterocycles. The number of carbonyl (C=O) groups is 1. The van der Waals surface area contributed by atoms with Crippen LogP contribution in [0.4, 0.5) is 11.4 Å². The van der Waals surface area contributed by atoms with Gasteiger partial charge < -0.3 is 10.2 Å². The first kappa shape index (κ1) is 21.8. The van der Waals surface area contributed by atoms with Crippen molar-refractivity contribution >= 4 is 17.3 Å². The van der Waals surface area contributed by atoms with Crippen LogP contribution in [-0.4, -0.2) is 40.2 Å². The van der Waals surface area contributed by atoms with Gasteiger partial charge in [0.25, 0.3) is 11.6 Å². The van der Waals surface area contributed by atoms with Gasteiger partial charge in [0.05, 0.1) is 10.6 Å². The third kappa shape index (κ3) is 5.17. The lowest BCUT2D eigenvalue weighted by Gasteiger charge is -2.32. The second-order valence-electron chi connectivity index (χ2n) is 8.58. The number of carbonyl (C=O) groups excluding carboxylic acids is 1. The highest BCUT2D eigenvalue weighted by Crippen LogP contribution is 2.32. The molecule has 1 N–H and O–H groups in total. The number of benzene rings is 1. The number of anilines is 1. The van der Waals surface area contributed by atoms with Gasteiger partial charge in [-0.1, -0.05) is 13.8 Å². The molecule has 162 valence electrons. The van der Waals surface area contributed by atoms with Crippen LogP contribution >= 0.6 is 0 Å². The van der Waals surface area contributed by atoms with Gasteiger partial charge in [0.2, 0.25) is 0 Å². The van der Waals surface area contributed by atoms with Crippen molar-refractivity contribution in [1.82, 2.24) is 15.1 Å². The molecular weight excluding hydrogens is 382 g/mol. The van der Waals surface area contributed by atoms with Crippen molar-refractivity contribution in [3.63, 3.8) is 0 Å². The number of nitro benzene ring substituents is 1. The fourth-order valence-corrected chi connectivity index (χ4v) is 4.08. The highest BCUT2D eigenvalue weighted by Gasteiger charge is 2.25. The predicted molar refractivity (Wildman–Crippen MR) is 117 cm³/mol. The molecule has 8 heteroatoms. The van der Waals surface area contributed by atoms with Crippen LogP contribution in [0.2, 0.25) is 0 Å². The average molecular weight is 414 g/mol. The molecule has 0 aliphatic carbocycles. The minimum atomic E-state index is -0.392. The van der Waals surface area contributed by atoms with Gasteiger partial charge >= 0.3 is 0 Å². The van der Waals surface area contributed by atoms with Crippen LogP contribution in [0, 0.1) is 35.8 Å². The van der Waals surface area contributed by atoms with E-state index in [-0.39, 0.29) is 17.5 Å². The van der Waals surface area contributed by atoms with Crippen LogP contribution in [0.5, 0.6) is 0 Å². The van der Waals surface area contributed by atoms with E-state index in [1.165, 1.54) is 6.07 Å². The summed E-state index contributed by atoms with van der Waals surface area (Å²) < 4.78 is 1.94. The molecule has 0 unspecified atom stereocenters. The Bertz CT molecular complexity index is 923. The first-order valence-corrected chi connectivity index (χ1v) is 10.6. The van der Waals surface area contributed by atoms with Gasteiger partial charge in [-0.15, -0.1) is 0 Å². The van der Waals surface area contributed by atoms with E-state index < -0.39 is 4.92 Å². The van der Waals surface area contributed by atoms with E-state index in [9.17, 15) is 14.9 Å². The minimum Gasteiger partial charge on any atom is -0.366 e. The summed E-state index contributed by atoms with van der Waals surface area (Å²) in [7, 11) is 0. The van der Waals surface area contributed by atoms with E-state index >= 15 is 0 Å². The first-order valence-electron chi connectivity index (χ1n) is 10.6. The van der Waals surface area contributed by atoms with Crippen LogP contribution in [0.3, 0.4) is 0 Å². The Labute approximate surface area is 177 Å². The fraction of sp³-hybridized carbons (Fsp3) is 0.545. The molecular formula is C22H31N5O3. The fourth-order valence-electron chi connectivity index (χ4n) is 4.08. The molecule has 1 aromatic heterocycles. The number of nitrogens with one attached hydrogen (secondary N) is 1. The van der Waals surface area contributed by atoms with Gasteiger partial charge in [-0.2, -0.15) is 5.10 Å². The molecule has 0 bridgehead atoms. The Morgan fingerprint density at radius 1 is 1.37 bits per heavy atom. The largest absolute Gasteiger partial charge is 0.366 e. The van der Waals surface area contributed by atoms with E-state index in [1.807, 2.05) is 31.5 Å². The number of aryl methyl sites for hydroxylation is 2. The monoisotopic (exact) mass is 413 g/mol. The Morgan fingerprint density at radius 2 is 2.13 bits per heavy atom. The van der Waals surface area contributed by atoms with Crippen molar-refractivity contribution in [2.75, 3.05) is 24.5 Å². The predicted octanol–water partition coefficient (Wildman–Crippen LogP) is 3.71. The number of piperidine rings is 1. The molecule has 2 aromatic rings. The molecule has 0 spiro atoms. The van der Waals surface area contributed by atoms with Crippen molar-refractivity contribution in [2.45, 2.75) is 47.1 Å². The van der Waals surface area contributed by atoms with Crippen LogP contribution in [0.1, 0.15) is 48.4 Å². The highest BCUT2D eigenvalue weighted by atomic mass is 16.6. The molecule has 8 nitrogen and oxygen atoms in total. The summed E-state index contributed by atoms with van der Waals surface area (Å²) in [5, 5.41) is 19.0. The normalized spacial score (nSPS) is 17.6. The van der Waals surface area contributed by atoms with Crippen molar-refractivity contribution in [1.29, 1.82) is 0 Å². The maximum absolute atomic E-state index is 12.6. The van der Waals surface area contributed by atoms with E-state index in [2.05, 4.69) is 22.2 Å². The lowest BCUT2D eigenvalue weighted by molar-refractivity contribution is -0.384. The quantitative estimate of drug-likeness (QED) is 0.552. The number of rotatable bonds is 7. The number of amides is 1. The maximum atomic E-state index is 12.6. The molecule has 3 rings (SSSR count). The maximum Gasteiger partial charge on any atom is 0.293 e. The van der Waals surface area contributed by atoms with Crippen LogP contribution in [-0.2, 0) is 6.54 Å². The molecule has 1 aromatic carbocycles. The molecule has 1 amide bonds. The second-order valence-corrected chi connectivity index (χ2v) is 8.58. The number of hydrogen-bond acceptors (Lipinski definition) is 5. The standard InChI is InChI=1S/C22H31N5O3/c1-15-6-5-9-25(13-15)20-8-7-19(11-21(20)27(29)30)22(28)23-12-16(2)14-26-18(4)10-17(3)24-26/h7-8,10-11,15-16H,5-6,9,12-14H2,1-4H3,(H,23,28)/t15-,16-/m1/s1. The lowest BCUT2D eigenvalue weighted by atomic mass is 9.99. The van der Waals surface area contributed by atoms with Gasteiger partial charge in [-0.25, -0.2) is 0 Å². The number of hydrogen-bond donors (Lipinski definition) is 1. The topological polar surface area (TPSA) is 93.3 Å². The van der Waals surface area contributed by atoms with Crippen LogP contribution in [0.15, 0.2) is 24.3 Å². The SMILES string of the molecule is Cc1cc(C)n(C[C@H](C)CNC(=O)c2ccc(N3CCC[C@@H](C)C3)c([N+](=O)[O-])c2)n1. The minimum absolute atomic E-state index is 0.00700. The Hall–Kier alpha value is -2.90. The molecule has 2 atom stereocenters. The van der Waals surface area contributed by atoms with Crippen molar-refractivity contribution < 1.29 is 9.72 Å². The lowest BCUT2D eigenvalue weighted by Crippen LogP contribution is -2.34. The average Bonchev–Trinajstić information content (AvgIpc) is 3.02. The van der Waals surface area contributed by atoms with Gasteiger partial charge in [-0.05, 0) is 56.7 Å². The number of nitrogens with zero attached hydrogens (tertiary/aromatic N) is 4. The molecule has 1 aliphatic heterocycles. The van der Waals surface area contributed by atoms with Crippen molar-refractivity contribution in [3.05, 3.63) is 51.3 Å². The molecule has 2 heterocycles. The zero-order valence-electron chi connectivity index (χ0n) is 18.2. The van der Waals surface area contributed by atoms with E-state index in [1.54, 1.807) is 12.1 Å². The zero-order valence-corrected chi connectivity index (χ0v) is 18.2. The van der Waals surface area contributed by atoms with Gasteiger partial charge in [-0.3, -0.25) is 19.6 Å². The first-order chi connectivity index (χ1) is 14.2. The summed E-state index contributed by atoms with van der Waals surface area (Å²) in [5.74, 6) is 0.387. The summed E-state index contributed by atoms with van der Waals surface area (Å²) in [6, 6.07) is 6.82. The summed E-state index contributed by atoms with van der Waals surface area (Å²) in [5.41, 5.74) is 2.96. The highest BCUT2D eigenvalue weighted by molar-refractivity contribution is 5.95. The molecule has 0 radical (unpaired) electrons. The summed E-state index contributed by atoms with van der Waals surface area (Å²) >= 11 is 0. The Kier molecular flexibility index (Phi) is 6.74. The molecule has 0 saturated carbocycles. The second kappa shape index (κ2) is 9.28. The molecule has 1 aliphatic rings. The summed E-state index contributed by atoms with van der Waals surface area (Å²) in [6.45, 7) is 10.9. The van der Waals surface area contributed by atoms with E-state index in [4.69, 9.17) is 0 Å².